The molecule has 0 atom stereocenters. The Morgan fingerprint density at radius 2 is 2.07 bits per heavy atom. The molecule has 14 heavy (non-hydrogen) atoms. The fraction of sp³-hybridized carbons (Fsp3) is 0.300. The van der Waals surface area contributed by atoms with Crippen LogP contribution in [0.15, 0.2) is 23.0 Å². The van der Waals surface area contributed by atoms with Gasteiger partial charge in [-0.05, 0) is 25.7 Å². The van der Waals surface area contributed by atoms with Crippen LogP contribution in [-0.4, -0.2) is 29.0 Å². The van der Waals surface area contributed by atoms with Crippen LogP contribution in [0.3, 0.4) is 0 Å². The minimum atomic E-state index is -0.147. The van der Waals surface area contributed by atoms with Gasteiger partial charge >= 0.3 is 5.69 Å². The van der Waals surface area contributed by atoms with Gasteiger partial charge in [0.1, 0.15) is 0 Å². The Balaban J connectivity index is 2.58. The van der Waals surface area contributed by atoms with Gasteiger partial charge in [-0.1, -0.05) is 12.1 Å². The summed E-state index contributed by atoms with van der Waals surface area (Å²) in [5.74, 6) is 0. The third-order valence-corrected chi connectivity index (χ3v) is 2.12. The van der Waals surface area contributed by atoms with Crippen molar-refractivity contribution in [2.75, 3.05) is 14.1 Å². The molecule has 0 aliphatic rings. The van der Waals surface area contributed by atoms with Crippen molar-refractivity contribution in [3.63, 3.8) is 0 Å². The lowest BCUT2D eigenvalue weighted by Crippen LogP contribution is -2.11. The van der Waals surface area contributed by atoms with Gasteiger partial charge in [0.15, 0.2) is 0 Å². The molecule has 0 bridgehead atoms. The van der Waals surface area contributed by atoms with Crippen LogP contribution >= 0.6 is 0 Å². The lowest BCUT2D eigenvalue weighted by molar-refractivity contribution is 0.404. The molecule has 4 nitrogen and oxygen atoms in total. The van der Waals surface area contributed by atoms with E-state index in [0.717, 1.165) is 23.1 Å². The number of para-hydroxylation sites is 1. The van der Waals surface area contributed by atoms with Gasteiger partial charge in [0, 0.05) is 6.54 Å². The number of aromatic amines is 2. The smallest absolute Gasteiger partial charge is 0.306 e. The topological polar surface area (TPSA) is 51.9 Å². The molecular weight excluding hydrogens is 178 g/mol. The van der Waals surface area contributed by atoms with Crippen LogP contribution in [0.2, 0.25) is 0 Å². The number of hydrogen-bond donors (Lipinski definition) is 2. The SMILES string of the molecule is CN(C)Cc1cccc2[nH]c(=O)[nH]c12. The molecule has 2 aromatic rings. The summed E-state index contributed by atoms with van der Waals surface area (Å²) in [7, 11) is 4.01. The van der Waals surface area contributed by atoms with E-state index in [-0.39, 0.29) is 5.69 Å². The molecule has 74 valence electrons. The highest BCUT2D eigenvalue weighted by Gasteiger charge is 2.04. The quantitative estimate of drug-likeness (QED) is 0.741. The fourth-order valence-corrected chi connectivity index (χ4v) is 1.59. The van der Waals surface area contributed by atoms with E-state index in [0.29, 0.717) is 0 Å². The minimum Gasteiger partial charge on any atom is -0.306 e. The van der Waals surface area contributed by atoms with Crippen molar-refractivity contribution in [3.05, 3.63) is 34.2 Å². The molecule has 0 aliphatic heterocycles. The molecule has 1 aromatic carbocycles. The first-order chi connectivity index (χ1) is 6.66. The number of nitrogens with zero attached hydrogens (tertiary/aromatic N) is 1. The number of rotatable bonds is 2. The first kappa shape index (κ1) is 9.02. The predicted molar refractivity (Wildman–Crippen MR) is 56.3 cm³/mol. The van der Waals surface area contributed by atoms with Crippen LogP contribution < -0.4 is 5.69 Å². The van der Waals surface area contributed by atoms with Gasteiger partial charge in [0.2, 0.25) is 0 Å². The second-order valence-corrected chi connectivity index (χ2v) is 3.66. The van der Waals surface area contributed by atoms with E-state index in [2.05, 4.69) is 14.9 Å². The van der Waals surface area contributed by atoms with Crippen molar-refractivity contribution >= 4 is 11.0 Å². The average molecular weight is 191 g/mol. The summed E-state index contributed by atoms with van der Waals surface area (Å²) in [4.78, 5) is 18.7. The Morgan fingerprint density at radius 1 is 1.29 bits per heavy atom. The third kappa shape index (κ3) is 1.56. The van der Waals surface area contributed by atoms with Gasteiger partial charge in [-0.2, -0.15) is 0 Å². The zero-order valence-corrected chi connectivity index (χ0v) is 8.29. The molecule has 0 radical (unpaired) electrons. The highest BCUT2D eigenvalue weighted by molar-refractivity contribution is 5.77. The van der Waals surface area contributed by atoms with Gasteiger partial charge in [-0.25, -0.2) is 4.79 Å². The van der Waals surface area contributed by atoms with E-state index in [1.165, 1.54) is 0 Å². The molecule has 4 heteroatoms. The van der Waals surface area contributed by atoms with Crippen molar-refractivity contribution in [2.45, 2.75) is 6.54 Å². The van der Waals surface area contributed by atoms with Crippen molar-refractivity contribution in [3.8, 4) is 0 Å². The molecule has 0 amide bonds. The summed E-state index contributed by atoms with van der Waals surface area (Å²) in [6, 6.07) is 5.86. The molecule has 0 aliphatic carbocycles. The normalized spacial score (nSPS) is 11.4. The summed E-state index contributed by atoms with van der Waals surface area (Å²) in [5.41, 5.74) is 2.76. The average Bonchev–Trinajstić information content (AvgIpc) is 2.45. The summed E-state index contributed by atoms with van der Waals surface area (Å²) in [5, 5.41) is 0. The lowest BCUT2D eigenvalue weighted by atomic mass is 10.2. The van der Waals surface area contributed by atoms with Crippen molar-refractivity contribution in [1.82, 2.24) is 14.9 Å². The first-order valence-electron chi connectivity index (χ1n) is 4.51. The number of H-pyrrole nitrogens is 2. The monoisotopic (exact) mass is 191 g/mol. The van der Waals surface area contributed by atoms with E-state index >= 15 is 0 Å². The second-order valence-electron chi connectivity index (χ2n) is 3.66. The van der Waals surface area contributed by atoms with Crippen molar-refractivity contribution in [1.29, 1.82) is 0 Å². The van der Waals surface area contributed by atoms with Crippen LogP contribution in [0.4, 0.5) is 0 Å². The molecule has 0 unspecified atom stereocenters. The summed E-state index contributed by atoms with van der Waals surface area (Å²) < 4.78 is 0. The van der Waals surface area contributed by atoms with Crippen molar-refractivity contribution in [2.24, 2.45) is 0 Å². The highest BCUT2D eigenvalue weighted by atomic mass is 16.1. The number of fused-ring (bicyclic) bond motifs is 1. The zero-order valence-electron chi connectivity index (χ0n) is 8.29. The van der Waals surface area contributed by atoms with Crippen LogP contribution in [-0.2, 0) is 6.54 Å². The minimum absolute atomic E-state index is 0.147. The Morgan fingerprint density at radius 3 is 2.79 bits per heavy atom. The lowest BCUT2D eigenvalue weighted by Gasteiger charge is -2.09. The maximum atomic E-state index is 11.1. The van der Waals surface area contributed by atoms with Gasteiger partial charge in [-0.3, -0.25) is 0 Å². The molecule has 2 N–H and O–H groups in total. The van der Waals surface area contributed by atoms with Crippen molar-refractivity contribution < 1.29 is 0 Å². The van der Waals surface area contributed by atoms with Crippen LogP contribution in [0.25, 0.3) is 11.0 Å². The zero-order chi connectivity index (χ0) is 10.1. The van der Waals surface area contributed by atoms with Gasteiger partial charge in [0.05, 0.1) is 11.0 Å². The Kier molecular flexibility index (Phi) is 2.13. The molecule has 0 saturated heterocycles. The largest absolute Gasteiger partial charge is 0.323 e. The van der Waals surface area contributed by atoms with E-state index in [1.54, 1.807) is 0 Å². The molecular formula is C10H13N3O. The third-order valence-electron chi connectivity index (χ3n) is 2.12. The van der Waals surface area contributed by atoms with Crippen LogP contribution in [0.5, 0.6) is 0 Å². The number of aromatic nitrogens is 2. The van der Waals surface area contributed by atoms with E-state index < -0.39 is 0 Å². The van der Waals surface area contributed by atoms with E-state index in [4.69, 9.17) is 0 Å². The summed E-state index contributed by atoms with van der Waals surface area (Å²) >= 11 is 0. The maximum absolute atomic E-state index is 11.1. The predicted octanol–water partition coefficient (Wildman–Crippen LogP) is 0.918. The van der Waals surface area contributed by atoms with E-state index in [9.17, 15) is 4.79 Å². The fourth-order valence-electron chi connectivity index (χ4n) is 1.59. The summed E-state index contributed by atoms with van der Waals surface area (Å²) in [6.07, 6.45) is 0. The van der Waals surface area contributed by atoms with Gasteiger partial charge < -0.3 is 14.9 Å². The highest BCUT2D eigenvalue weighted by Crippen LogP contribution is 2.13. The standard InChI is InChI=1S/C10H13N3O/c1-13(2)6-7-4-3-5-8-9(7)12-10(14)11-8/h3-5H,6H2,1-2H3,(H2,11,12,14). The second kappa shape index (κ2) is 3.31. The number of benzene rings is 1. The molecule has 0 saturated carbocycles. The molecule has 1 heterocycles. The Hall–Kier alpha value is -1.55. The van der Waals surface area contributed by atoms with Crippen LogP contribution in [0.1, 0.15) is 5.56 Å². The van der Waals surface area contributed by atoms with E-state index in [1.807, 2.05) is 32.3 Å². The Labute approximate surface area is 81.6 Å². The molecule has 2 rings (SSSR count). The number of hydrogen-bond acceptors (Lipinski definition) is 2. The number of imidazole rings is 1. The molecule has 1 aromatic heterocycles. The Bertz CT molecular complexity index is 495. The van der Waals surface area contributed by atoms with Gasteiger partial charge in [0.25, 0.3) is 0 Å². The van der Waals surface area contributed by atoms with Gasteiger partial charge in [-0.15, -0.1) is 0 Å². The number of nitrogens with one attached hydrogen (secondary N) is 2. The maximum Gasteiger partial charge on any atom is 0.323 e. The summed E-state index contributed by atoms with van der Waals surface area (Å²) in [6.45, 7) is 0.825. The first-order valence-corrected chi connectivity index (χ1v) is 4.51. The molecule has 0 fully saturated rings. The van der Waals surface area contributed by atoms with Crippen LogP contribution in [0, 0.1) is 0 Å². The molecule has 0 spiro atoms.